The smallest absolute Gasteiger partial charge is 0.257 e. The van der Waals surface area contributed by atoms with E-state index in [1.807, 2.05) is 54.1 Å². The number of carbonyl (C=O) groups is 1. The molecule has 138 valence electrons. The van der Waals surface area contributed by atoms with Crippen molar-refractivity contribution >= 4 is 34.1 Å². The fraction of sp³-hybridized carbons (Fsp3) is 0.0435. The largest absolute Gasteiger partial charge is 0.298 e. The Morgan fingerprint density at radius 3 is 2.36 bits per heavy atom. The fourth-order valence-corrected chi connectivity index (χ4v) is 4.04. The number of anilines is 1. The second kappa shape index (κ2) is 8.42. The van der Waals surface area contributed by atoms with E-state index in [1.54, 1.807) is 11.8 Å². The highest BCUT2D eigenvalue weighted by Gasteiger charge is 2.11. The molecular weight excluding hydrogens is 384 g/mol. The molecule has 0 atom stereocenters. The lowest BCUT2D eigenvalue weighted by Crippen LogP contribution is -2.11. The number of rotatable bonds is 5. The second-order valence-electron chi connectivity index (χ2n) is 6.17. The van der Waals surface area contributed by atoms with E-state index < -0.39 is 0 Å². The zero-order chi connectivity index (χ0) is 19.3. The summed E-state index contributed by atoms with van der Waals surface area (Å²) in [5.41, 5.74) is 4.88. The van der Waals surface area contributed by atoms with Crippen LogP contribution in [0, 0.1) is 0 Å². The van der Waals surface area contributed by atoms with Gasteiger partial charge in [0.15, 0.2) is 5.13 Å². The minimum atomic E-state index is -0.142. The molecule has 0 aliphatic heterocycles. The molecule has 0 saturated heterocycles. The lowest BCUT2D eigenvalue weighted by Gasteiger charge is -2.04. The molecule has 4 aromatic rings. The van der Waals surface area contributed by atoms with Crippen LogP contribution in [0.2, 0.25) is 0 Å². The summed E-state index contributed by atoms with van der Waals surface area (Å²) >= 11 is 3.04. The zero-order valence-electron chi connectivity index (χ0n) is 15.3. The van der Waals surface area contributed by atoms with Crippen molar-refractivity contribution in [3.63, 3.8) is 0 Å². The quantitative estimate of drug-likeness (QED) is 0.390. The molecule has 0 spiro atoms. The standard InChI is InChI=1S/C23H18N2OS2/c1-27-20-9-5-8-19(14-20)22(26)25-23-24-21(15-28-23)18-12-10-17(11-13-18)16-6-3-2-4-7-16/h2-15H,1H3,(H,24,25,26). The van der Waals surface area contributed by atoms with Crippen molar-refractivity contribution in [2.45, 2.75) is 4.90 Å². The Morgan fingerprint density at radius 2 is 1.61 bits per heavy atom. The molecule has 0 aliphatic carbocycles. The molecule has 28 heavy (non-hydrogen) atoms. The lowest BCUT2D eigenvalue weighted by molar-refractivity contribution is 0.102. The van der Waals surface area contributed by atoms with E-state index >= 15 is 0 Å². The monoisotopic (exact) mass is 402 g/mol. The number of hydrogen-bond donors (Lipinski definition) is 1. The van der Waals surface area contributed by atoms with Gasteiger partial charge in [0, 0.05) is 21.4 Å². The Kier molecular flexibility index (Phi) is 5.55. The number of nitrogens with zero attached hydrogens (tertiary/aromatic N) is 1. The number of benzene rings is 3. The van der Waals surface area contributed by atoms with Gasteiger partial charge in [-0.3, -0.25) is 10.1 Å². The first-order valence-corrected chi connectivity index (χ1v) is 10.9. The highest BCUT2D eigenvalue weighted by atomic mass is 32.2. The third-order valence-electron chi connectivity index (χ3n) is 4.34. The van der Waals surface area contributed by atoms with Crippen LogP contribution in [0.25, 0.3) is 22.4 Å². The summed E-state index contributed by atoms with van der Waals surface area (Å²) in [4.78, 5) is 18.1. The molecule has 1 aromatic heterocycles. The van der Waals surface area contributed by atoms with Gasteiger partial charge in [0.1, 0.15) is 0 Å². The first-order valence-electron chi connectivity index (χ1n) is 8.80. The van der Waals surface area contributed by atoms with Crippen molar-refractivity contribution in [2.75, 3.05) is 11.6 Å². The number of amides is 1. The molecule has 1 amide bonds. The van der Waals surface area contributed by atoms with Crippen LogP contribution in [-0.2, 0) is 0 Å². The van der Waals surface area contributed by atoms with Gasteiger partial charge >= 0.3 is 0 Å². The summed E-state index contributed by atoms with van der Waals surface area (Å²) in [6.07, 6.45) is 1.99. The lowest BCUT2D eigenvalue weighted by atomic mass is 10.0. The van der Waals surface area contributed by atoms with E-state index in [2.05, 4.69) is 46.7 Å². The van der Waals surface area contributed by atoms with Crippen molar-refractivity contribution in [1.82, 2.24) is 4.98 Å². The Bertz CT molecular complexity index is 1090. The number of thiazole rings is 1. The van der Waals surface area contributed by atoms with Gasteiger partial charge < -0.3 is 0 Å². The van der Waals surface area contributed by atoms with E-state index in [1.165, 1.54) is 22.5 Å². The Labute approximate surface area is 172 Å². The van der Waals surface area contributed by atoms with Crippen LogP contribution >= 0.6 is 23.1 Å². The van der Waals surface area contributed by atoms with Crippen molar-refractivity contribution in [3.05, 3.63) is 89.8 Å². The molecule has 0 unspecified atom stereocenters. The Hall–Kier alpha value is -2.89. The SMILES string of the molecule is CSc1cccc(C(=O)Nc2nc(-c3ccc(-c4ccccc4)cc3)cs2)c1. The number of aromatic nitrogens is 1. The van der Waals surface area contributed by atoms with E-state index in [9.17, 15) is 4.79 Å². The normalized spacial score (nSPS) is 10.6. The predicted octanol–water partition coefficient (Wildman–Crippen LogP) is 6.45. The molecule has 0 fully saturated rings. The first-order chi connectivity index (χ1) is 13.7. The number of hydrogen-bond acceptors (Lipinski definition) is 4. The topological polar surface area (TPSA) is 42.0 Å². The second-order valence-corrected chi connectivity index (χ2v) is 7.91. The minimum Gasteiger partial charge on any atom is -0.298 e. The summed E-state index contributed by atoms with van der Waals surface area (Å²) in [7, 11) is 0. The summed E-state index contributed by atoms with van der Waals surface area (Å²) < 4.78 is 0. The highest BCUT2D eigenvalue weighted by molar-refractivity contribution is 7.98. The average molecular weight is 403 g/mol. The molecule has 5 heteroatoms. The van der Waals surface area contributed by atoms with Crippen molar-refractivity contribution in [3.8, 4) is 22.4 Å². The van der Waals surface area contributed by atoms with Crippen LogP contribution < -0.4 is 5.32 Å². The van der Waals surface area contributed by atoms with Crippen molar-refractivity contribution in [2.24, 2.45) is 0 Å². The van der Waals surface area contributed by atoms with E-state index in [0.717, 1.165) is 16.2 Å². The van der Waals surface area contributed by atoms with E-state index in [-0.39, 0.29) is 5.91 Å². The summed E-state index contributed by atoms with van der Waals surface area (Å²) in [6.45, 7) is 0. The molecule has 4 rings (SSSR count). The number of thioether (sulfide) groups is 1. The highest BCUT2D eigenvalue weighted by Crippen LogP contribution is 2.28. The Morgan fingerprint density at radius 1 is 0.893 bits per heavy atom. The maximum Gasteiger partial charge on any atom is 0.257 e. The van der Waals surface area contributed by atoms with Gasteiger partial charge in [-0.05, 0) is 35.6 Å². The van der Waals surface area contributed by atoms with E-state index in [0.29, 0.717) is 10.7 Å². The molecule has 0 saturated carbocycles. The van der Waals surface area contributed by atoms with Crippen LogP contribution in [0.1, 0.15) is 10.4 Å². The molecule has 0 aliphatic rings. The van der Waals surface area contributed by atoms with Gasteiger partial charge in [-0.25, -0.2) is 4.98 Å². The molecular formula is C23H18N2OS2. The molecule has 1 heterocycles. The van der Waals surface area contributed by atoms with Crippen LogP contribution in [0.4, 0.5) is 5.13 Å². The maximum atomic E-state index is 12.5. The zero-order valence-corrected chi connectivity index (χ0v) is 16.9. The number of carbonyl (C=O) groups excluding carboxylic acids is 1. The summed E-state index contributed by atoms with van der Waals surface area (Å²) in [5, 5.41) is 5.46. The van der Waals surface area contributed by atoms with Crippen molar-refractivity contribution < 1.29 is 4.79 Å². The Balaban J connectivity index is 1.49. The van der Waals surface area contributed by atoms with Gasteiger partial charge in [0.25, 0.3) is 5.91 Å². The summed E-state index contributed by atoms with van der Waals surface area (Å²) in [5.74, 6) is -0.142. The molecule has 0 bridgehead atoms. The summed E-state index contributed by atoms with van der Waals surface area (Å²) in [6, 6.07) is 26.2. The minimum absolute atomic E-state index is 0.142. The maximum absolute atomic E-state index is 12.5. The molecule has 0 radical (unpaired) electrons. The van der Waals surface area contributed by atoms with Gasteiger partial charge in [0.2, 0.25) is 0 Å². The third kappa shape index (κ3) is 4.16. The molecule has 1 N–H and O–H groups in total. The van der Waals surface area contributed by atoms with Gasteiger partial charge in [0.05, 0.1) is 5.69 Å². The van der Waals surface area contributed by atoms with Crippen LogP contribution in [0.5, 0.6) is 0 Å². The van der Waals surface area contributed by atoms with Crippen LogP contribution in [-0.4, -0.2) is 17.1 Å². The predicted molar refractivity (Wildman–Crippen MR) is 119 cm³/mol. The van der Waals surface area contributed by atoms with Gasteiger partial charge in [-0.1, -0.05) is 60.7 Å². The van der Waals surface area contributed by atoms with E-state index in [4.69, 9.17) is 0 Å². The fourth-order valence-electron chi connectivity index (χ4n) is 2.86. The third-order valence-corrected chi connectivity index (χ3v) is 5.83. The number of nitrogens with one attached hydrogen (secondary N) is 1. The van der Waals surface area contributed by atoms with Crippen molar-refractivity contribution in [1.29, 1.82) is 0 Å². The first kappa shape index (κ1) is 18.5. The van der Waals surface area contributed by atoms with Gasteiger partial charge in [-0.2, -0.15) is 0 Å². The molecule has 3 aromatic carbocycles. The molecule has 3 nitrogen and oxygen atoms in total. The van der Waals surface area contributed by atoms with Gasteiger partial charge in [-0.15, -0.1) is 23.1 Å². The van der Waals surface area contributed by atoms with Crippen LogP contribution in [0.15, 0.2) is 89.1 Å². The average Bonchev–Trinajstić information content (AvgIpc) is 3.23. The van der Waals surface area contributed by atoms with Crippen LogP contribution in [0.3, 0.4) is 0 Å².